The molecular weight excluding hydrogens is 280 g/mol. The number of hydrogen-bond acceptors (Lipinski definition) is 2. The van der Waals surface area contributed by atoms with Crippen LogP contribution in [-0.4, -0.2) is 19.0 Å². The smallest absolute Gasteiger partial charge is 0.227 e. The molecule has 1 unspecified atom stereocenters. The van der Waals surface area contributed by atoms with Crippen molar-refractivity contribution in [3.8, 4) is 0 Å². The third-order valence-electron chi connectivity index (χ3n) is 3.26. The number of aryl methyl sites for hydroxylation is 2. The van der Waals surface area contributed by atoms with Gasteiger partial charge in [-0.1, -0.05) is 15.9 Å². The lowest BCUT2D eigenvalue weighted by Crippen LogP contribution is -2.27. The van der Waals surface area contributed by atoms with Crippen molar-refractivity contribution < 1.29 is 4.79 Å². The Hall–Kier alpha value is -0.870. The van der Waals surface area contributed by atoms with Crippen molar-refractivity contribution in [3.05, 3.63) is 27.7 Å². The van der Waals surface area contributed by atoms with E-state index in [1.165, 1.54) is 0 Å². The Balaban J connectivity index is 2.38. The van der Waals surface area contributed by atoms with E-state index in [0.717, 1.165) is 27.8 Å². The molecule has 1 aromatic carbocycles. The maximum atomic E-state index is 12.0. The zero-order chi connectivity index (χ0) is 12.6. The number of nitrogens with zero attached hydrogens (tertiary/aromatic N) is 1. The van der Waals surface area contributed by atoms with Crippen LogP contribution in [0.1, 0.15) is 17.5 Å². The van der Waals surface area contributed by atoms with Crippen molar-refractivity contribution in [3.63, 3.8) is 0 Å². The molecule has 1 aromatic rings. The van der Waals surface area contributed by atoms with Gasteiger partial charge in [-0.3, -0.25) is 4.79 Å². The monoisotopic (exact) mass is 296 g/mol. The Morgan fingerprint density at radius 1 is 1.41 bits per heavy atom. The maximum Gasteiger partial charge on any atom is 0.227 e. The van der Waals surface area contributed by atoms with Gasteiger partial charge in [0.2, 0.25) is 5.91 Å². The number of hydrogen-bond donors (Lipinski definition) is 1. The molecule has 0 saturated carbocycles. The molecule has 1 saturated heterocycles. The quantitative estimate of drug-likeness (QED) is 0.911. The average molecular weight is 297 g/mol. The van der Waals surface area contributed by atoms with Gasteiger partial charge in [-0.15, -0.1) is 0 Å². The minimum Gasteiger partial charge on any atom is -0.330 e. The van der Waals surface area contributed by atoms with E-state index in [4.69, 9.17) is 5.73 Å². The van der Waals surface area contributed by atoms with Gasteiger partial charge < -0.3 is 10.6 Å². The molecular formula is C13H17BrN2O. The second-order valence-electron chi connectivity index (χ2n) is 4.70. The Kier molecular flexibility index (Phi) is 3.54. The highest BCUT2D eigenvalue weighted by molar-refractivity contribution is 9.10. The summed E-state index contributed by atoms with van der Waals surface area (Å²) in [6.07, 6.45) is 0.575. The summed E-state index contributed by atoms with van der Waals surface area (Å²) in [7, 11) is 0. The molecule has 1 amide bonds. The van der Waals surface area contributed by atoms with E-state index >= 15 is 0 Å². The van der Waals surface area contributed by atoms with Crippen LogP contribution in [0.25, 0.3) is 0 Å². The molecule has 0 spiro atoms. The van der Waals surface area contributed by atoms with Gasteiger partial charge in [0.05, 0.1) is 0 Å². The summed E-state index contributed by atoms with van der Waals surface area (Å²) in [4.78, 5) is 13.9. The van der Waals surface area contributed by atoms with Crippen LogP contribution < -0.4 is 10.6 Å². The minimum atomic E-state index is 0.189. The first-order valence-electron chi connectivity index (χ1n) is 5.80. The van der Waals surface area contributed by atoms with Gasteiger partial charge in [-0.05, 0) is 49.6 Å². The highest BCUT2D eigenvalue weighted by Gasteiger charge is 2.31. The van der Waals surface area contributed by atoms with E-state index in [9.17, 15) is 4.79 Å². The largest absolute Gasteiger partial charge is 0.330 e. The zero-order valence-electron chi connectivity index (χ0n) is 10.2. The van der Waals surface area contributed by atoms with E-state index in [0.29, 0.717) is 18.9 Å². The molecule has 1 heterocycles. The maximum absolute atomic E-state index is 12.0. The number of nitrogens with two attached hydrogens (primary N) is 1. The molecule has 1 aliphatic heterocycles. The molecule has 0 aliphatic carbocycles. The molecule has 0 aromatic heterocycles. The molecule has 0 radical (unpaired) electrons. The Morgan fingerprint density at radius 3 is 2.47 bits per heavy atom. The van der Waals surface area contributed by atoms with Crippen LogP contribution in [0.4, 0.5) is 5.69 Å². The SMILES string of the molecule is Cc1cc(Br)cc(C)c1N1CC(CN)CC1=O. The van der Waals surface area contributed by atoms with Gasteiger partial charge in [0.1, 0.15) is 0 Å². The van der Waals surface area contributed by atoms with Gasteiger partial charge in [0.15, 0.2) is 0 Å². The fourth-order valence-electron chi connectivity index (χ4n) is 2.48. The summed E-state index contributed by atoms with van der Waals surface area (Å²) in [6.45, 7) is 5.40. The third kappa shape index (κ3) is 2.38. The van der Waals surface area contributed by atoms with E-state index in [2.05, 4.69) is 15.9 Å². The Bertz CT molecular complexity index is 436. The summed E-state index contributed by atoms with van der Waals surface area (Å²) >= 11 is 3.47. The van der Waals surface area contributed by atoms with E-state index < -0.39 is 0 Å². The van der Waals surface area contributed by atoms with E-state index in [1.807, 2.05) is 30.9 Å². The van der Waals surface area contributed by atoms with Gasteiger partial charge in [0.25, 0.3) is 0 Å². The number of halogens is 1. The lowest BCUT2D eigenvalue weighted by molar-refractivity contribution is -0.117. The van der Waals surface area contributed by atoms with Crippen molar-refractivity contribution in [1.29, 1.82) is 0 Å². The van der Waals surface area contributed by atoms with Gasteiger partial charge in [-0.25, -0.2) is 0 Å². The molecule has 3 nitrogen and oxygen atoms in total. The van der Waals surface area contributed by atoms with Crippen molar-refractivity contribution >= 4 is 27.5 Å². The van der Waals surface area contributed by atoms with Crippen LogP contribution in [-0.2, 0) is 4.79 Å². The fourth-order valence-corrected chi connectivity index (χ4v) is 3.17. The standard InChI is InChI=1S/C13H17BrN2O/c1-8-3-11(14)4-9(2)13(8)16-7-10(6-15)5-12(16)17/h3-4,10H,5-7,15H2,1-2H3. The first-order valence-corrected chi connectivity index (χ1v) is 6.59. The molecule has 1 atom stereocenters. The minimum absolute atomic E-state index is 0.189. The van der Waals surface area contributed by atoms with Gasteiger partial charge in [0, 0.05) is 23.1 Å². The number of carbonyl (C=O) groups excluding carboxylic acids is 1. The first kappa shape index (κ1) is 12.6. The molecule has 1 aliphatic rings. The predicted molar refractivity (Wildman–Crippen MR) is 73.1 cm³/mol. The predicted octanol–water partition coefficient (Wildman–Crippen LogP) is 2.38. The normalized spacial score (nSPS) is 20.1. The van der Waals surface area contributed by atoms with Crippen molar-refractivity contribution in [1.82, 2.24) is 0 Å². The van der Waals surface area contributed by atoms with Crippen molar-refractivity contribution in [2.45, 2.75) is 20.3 Å². The summed E-state index contributed by atoms with van der Waals surface area (Å²) in [5.74, 6) is 0.485. The van der Waals surface area contributed by atoms with Gasteiger partial charge >= 0.3 is 0 Å². The zero-order valence-corrected chi connectivity index (χ0v) is 11.8. The molecule has 1 fully saturated rings. The van der Waals surface area contributed by atoms with Crippen LogP contribution in [0.5, 0.6) is 0 Å². The highest BCUT2D eigenvalue weighted by Crippen LogP contribution is 2.32. The van der Waals surface area contributed by atoms with Crippen LogP contribution >= 0.6 is 15.9 Å². The lowest BCUT2D eigenvalue weighted by atomic mass is 10.1. The van der Waals surface area contributed by atoms with E-state index in [-0.39, 0.29) is 5.91 Å². The summed E-state index contributed by atoms with van der Waals surface area (Å²) in [5.41, 5.74) is 8.96. The molecule has 2 rings (SSSR count). The molecule has 0 bridgehead atoms. The number of amides is 1. The molecule has 2 N–H and O–H groups in total. The molecule has 92 valence electrons. The van der Waals surface area contributed by atoms with Crippen LogP contribution in [0.3, 0.4) is 0 Å². The molecule has 17 heavy (non-hydrogen) atoms. The highest BCUT2D eigenvalue weighted by atomic mass is 79.9. The van der Waals surface area contributed by atoms with Crippen LogP contribution in [0.15, 0.2) is 16.6 Å². The van der Waals surface area contributed by atoms with Crippen LogP contribution in [0.2, 0.25) is 0 Å². The second kappa shape index (κ2) is 4.78. The summed E-state index contributed by atoms with van der Waals surface area (Å²) < 4.78 is 1.05. The third-order valence-corrected chi connectivity index (χ3v) is 3.72. The van der Waals surface area contributed by atoms with Gasteiger partial charge in [-0.2, -0.15) is 0 Å². The lowest BCUT2D eigenvalue weighted by Gasteiger charge is -2.21. The Labute approximate surface area is 110 Å². The van der Waals surface area contributed by atoms with Crippen molar-refractivity contribution in [2.75, 3.05) is 18.0 Å². The average Bonchev–Trinajstić information content (AvgIpc) is 2.59. The number of carbonyl (C=O) groups is 1. The molecule has 4 heteroatoms. The Morgan fingerprint density at radius 2 is 2.00 bits per heavy atom. The number of anilines is 1. The van der Waals surface area contributed by atoms with Crippen LogP contribution in [0, 0.1) is 19.8 Å². The topological polar surface area (TPSA) is 46.3 Å². The van der Waals surface area contributed by atoms with Crippen molar-refractivity contribution in [2.24, 2.45) is 11.7 Å². The summed E-state index contributed by atoms with van der Waals surface area (Å²) in [6, 6.07) is 4.09. The second-order valence-corrected chi connectivity index (χ2v) is 5.61. The van der Waals surface area contributed by atoms with E-state index in [1.54, 1.807) is 0 Å². The summed E-state index contributed by atoms with van der Waals surface area (Å²) in [5, 5.41) is 0. The number of benzene rings is 1. The first-order chi connectivity index (χ1) is 8.02. The number of rotatable bonds is 2. The fraction of sp³-hybridized carbons (Fsp3) is 0.462.